The topological polar surface area (TPSA) is 73.1 Å². The van der Waals surface area contributed by atoms with E-state index in [1.807, 2.05) is 49.5 Å². The molecule has 0 bridgehead atoms. The molecule has 1 aromatic heterocycles. The summed E-state index contributed by atoms with van der Waals surface area (Å²) < 4.78 is 31.5. The number of nitrogens with one attached hydrogen (secondary N) is 1. The van der Waals surface area contributed by atoms with Crippen molar-refractivity contribution in [2.24, 2.45) is 7.05 Å². The van der Waals surface area contributed by atoms with E-state index in [1.165, 1.54) is 70.6 Å². The molecule has 0 fully saturated rings. The van der Waals surface area contributed by atoms with E-state index in [9.17, 15) is 13.2 Å². The minimum absolute atomic E-state index is 0.123. The molecule has 214 valence electrons. The molecule has 39 heavy (non-hydrogen) atoms. The average molecular weight is 554 g/mol. The van der Waals surface area contributed by atoms with Gasteiger partial charge in [0, 0.05) is 24.4 Å². The Labute approximate surface area is 235 Å². The molecule has 3 rings (SSSR count). The molecule has 1 N–H and O–H groups in total. The predicted molar refractivity (Wildman–Crippen MR) is 164 cm³/mol. The lowest BCUT2D eigenvalue weighted by molar-refractivity contribution is 0.537. The van der Waals surface area contributed by atoms with E-state index in [0.29, 0.717) is 12.1 Å². The van der Waals surface area contributed by atoms with Crippen molar-refractivity contribution in [1.29, 1.82) is 0 Å². The Morgan fingerprint density at radius 2 is 1.26 bits per heavy atom. The number of rotatable bonds is 19. The second-order valence-corrected chi connectivity index (χ2v) is 12.5. The molecule has 7 heteroatoms. The third-order valence-corrected chi connectivity index (χ3v) is 8.69. The zero-order valence-electron chi connectivity index (χ0n) is 23.9. The van der Waals surface area contributed by atoms with Gasteiger partial charge in [0.2, 0.25) is 10.0 Å². The van der Waals surface area contributed by atoms with E-state index < -0.39 is 10.0 Å². The number of anilines is 1. The van der Waals surface area contributed by atoms with Crippen LogP contribution in [0.25, 0.3) is 16.9 Å². The van der Waals surface area contributed by atoms with E-state index in [-0.39, 0.29) is 11.3 Å². The Morgan fingerprint density at radius 3 is 1.85 bits per heavy atom. The first kappa shape index (κ1) is 30.7. The number of nitrogens with zero attached hydrogens (tertiary/aromatic N) is 2. The van der Waals surface area contributed by atoms with Gasteiger partial charge in [0.05, 0.1) is 17.1 Å². The summed E-state index contributed by atoms with van der Waals surface area (Å²) in [4.78, 5) is 12.7. The molecular weight excluding hydrogens is 506 g/mol. The lowest BCUT2D eigenvalue weighted by Gasteiger charge is -2.12. The van der Waals surface area contributed by atoms with E-state index in [4.69, 9.17) is 0 Å². The highest BCUT2D eigenvalue weighted by Gasteiger charge is 2.14. The molecule has 0 radical (unpaired) electrons. The Balaban J connectivity index is 1.39. The SMILES string of the molecule is CCCCCCCCCCCCCCCCS(=O)(=O)Nc1cccc(-c2cc(=O)n(-c3ccccc3)n2C)c1. The molecule has 0 aliphatic rings. The van der Waals surface area contributed by atoms with Crippen LogP contribution in [0.15, 0.2) is 65.5 Å². The van der Waals surface area contributed by atoms with Crippen molar-refractivity contribution >= 4 is 15.7 Å². The molecule has 0 spiro atoms. The molecule has 0 saturated heterocycles. The van der Waals surface area contributed by atoms with Crippen molar-refractivity contribution < 1.29 is 8.42 Å². The van der Waals surface area contributed by atoms with Gasteiger partial charge in [0.25, 0.3) is 5.56 Å². The maximum Gasteiger partial charge on any atom is 0.271 e. The standard InChI is InChI=1S/C32H47N3O3S/c1-3-4-5-6-7-8-9-10-11-12-13-14-15-19-25-39(37,38)33-29-22-20-21-28(26-29)31-27-32(36)35(34(31)2)30-23-17-16-18-24-30/h16-18,20-24,26-27,33H,3-15,19,25H2,1-2H3. The summed E-state index contributed by atoms with van der Waals surface area (Å²) in [6, 6.07) is 18.3. The fourth-order valence-corrected chi connectivity index (χ4v) is 6.30. The van der Waals surface area contributed by atoms with Crippen LogP contribution in [0.2, 0.25) is 0 Å². The van der Waals surface area contributed by atoms with Crippen LogP contribution in [-0.2, 0) is 17.1 Å². The first-order valence-electron chi connectivity index (χ1n) is 14.9. The Kier molecular flexibility index (Phi) is 12.9. The van der Waals surface area contributed by atoms with Crippen molar-refractivity contribution in [3.05, 3.63) is 71.0 Å². The van der Waals surface area contributed by atoms with Crippen molar-refractivity contribution in [2.45, 2.75) is 96.8 Å². The number of sulfonamides is 1. The second-order valence-electron chi connectivity index (χ2n) is 10.6. The van der Waals surface area contributed by atoms with E-state index >= 15 is 0 Å². The highest BCUT2D eigenvalue weighted by Crippen LogP contribution is 2.23. The molecule has 0 aliphatic carbocycles. The predicted octanol–water partition coefficient (Wildman–Crippen LogP) is 8.07. The molecule has 0 atom stereocenters. The van der Waals surface area contributed by atoms with Gasteiger partial charge in [-0.15, -0.1) is 0 Å². The van der Waals surface area contributed by atoms with Gasteiger partial charge in [-0.1, -0.05) is 121 Å². The minimum atomic E-state index is -3.43. The smallest absolute Gasteiger partial charge is 0.271 e. The van der Waals surface area contributed by atoms with Crippen LogP contribution in [0.3, 0.4) is 0 Å². The quantitative estimate of drug-likeness (QED) is 0.153. The molecule has 0 unspecified atom stereocenters. The van der Waals surface area contributed by atoms with Crippen molar-refractivity contribution in [2.75, 3.05) is 10.5 Å². The van der Waals surface area contributed by atoms with Crippen molar-refractivity contribution in [3.63, 3.8) is 0 Å². The molecule has 3 aromatic rings. The van der Waals surface area contributed by atoms with Gasteiger partial charge in [-0.25, -0.2) is 13.1 Å². The van der Waals surface area contributed by atoms with Crippen molar-refractivity contribution in [1.82, 2.24) is 9.36 Å². The van der Waals surface area contributed by atoms with Crippen LogP contribution in [0.5, 0.6) is 0 Å². The van der Waals surface area contributed by atoms with Crippen LogP contribution in [0, 0.1) is 0 Å². The third kappa shape index (κ3) is 10.4. The van der Waals surface area contributed by atoms with Gasteiger partial charge in [0.1, 0.15) is 0 Å². The maximum absolute atomic E-state index is 12.7. The number of benzene rings is 2. The highest BCUT2D eigenvalue weighted by molar-refractivity contribution is 7.92. The molecule has 0 amide bonds. The largest absolute Gasteiger partial charge is 0.284 e. The zero-order valence-corrected chi connectivity index (χ0v) is 24.7. The van der Waals surface area contributed by atoms with Gasteiger partial charge >= 0.3 is 0 Å². The first-order valence-corrected chi connectivity index (χ1v) is 16.5. The zero-order chi connectivity index (χ0) is 27.9. The maximum atomic E-state index is 12.7. The fourth-order valence-electron chi connectivity index (χ4n) is 5.13. The molecule has 2 aromatic carbocycles. The first-order chi connectivity index (χ1) is 18.9. The monoisotopic (exact) mass is 553 g/mol. The van der Waals surface area contributed by atoms with Crippen LogP contribution in [-0.4, -0.2) is 23.5 Å². The summed E-state index contributed by atoms with van der Waals surface area (Å²) in [6.45, 7) is 2.26. The van der Waals surface area contributed by atoms with Crippen LogP contribution < -0.4 is 10.3 Å². The normalized spacial score (nSPS) is 11.6. The number of hydrogen-bond acceptors (Lipinski definition) is 3. The number of aromatic nitrogens is 2. The van der Waals surface area contributed by atoms with Gasteiger partial charge in [0.15, 0.2) is 0 Å². The Bertz CT molecular complexity index is 1280. The summed E-state index contributed by atoms with van der Waals surface area (Å²) in [5.41, 5.74) is 2.65. The number of para-hydroxylation sites is 1. The summed E-state index contributed by atoms with van der Waals surface area (Å²) in [6.07, 6.45) is 17.3. The molecular formula is C32H47N3O3S. The minimum Gasteiger partial charge on any atom is -0.284 e. The Morgan fingerprint density at radius 1 is 0.692 bits per heavy atom. The number of hydrogen-bond donors (Lipinski definition) is 1. The summed E-state index contributed by atoms with van der Waals surface area (Å²) in [5.74, 6) is 0.123. The third-order valence-electron chi connectivity index (χ3n) is 7.32. The summed E-state index contributed by atoms with van der Waals surface area (Å²) in [7, 11) is -1.60. The fraction of sp³-hybridized carbons (Fsp3) is 0.531. The molecule has 6 nitrogen and oxygen atoms in total. The van der Waals surface area contributed by atoms with Crippen LogP contribution in [0.1, 0.15) is 96.8 Å². The average Bonchev–Trinajstić information content (AvgIpc) is 3.22. The summed E-state index contributed by atoms with van der Waals surface area (Å²) >= 11 is 0. The second kappa shape index (κ2) is 16.3. The number of unbranched alkanes of at least 4 members (excludes halogenated alkanes) is 13. The van der Waals surface area contributed by atoms with E-state index in [2.05, 4.69) is 11.6 Å². The van der Waals surface area contributed by atoms with Gasteiger partial charge < -0.3 is 0 Å². The highest BCUT2D eigenvalue weighted by atomic mass is 32.2. The lowest BCUT2D eigenvalue weighted by atomic mass is 10.0. The van der Waals surface area contributed by atoms with E-state index in [0.717, 1.165) is 29.8 Å². The van der Waals surface area contributed by atoms with Crippen LogP contribution in [0.4, 0.5) is 5.69 Å². The van der Waals surface area contributed by atoms with Crippen LogP contribution >= 0.6 is 0 Å². The van der Waals surface area contributed by atoms with Gasteiger partial charge in [-0.3, -0.25) is 14.2 Å². The van der Waals surface area contributed by atoms with E-state index in [1.54, 1.807) is 27.6 Å². The summed E-state index contributed by atoms with van der Waals surface area (Å²) in [5, 5.41) is 0. The molecule has 0 saturated carbocycles. The lowest BCUT2D eigenvalue weighted by Crippen LogP contribution is -2.19. The molecule has 0 aliphatic heterocycles. The van der Waals surface area contributed by atoms with Gasteiger partial charge in [-0.05, 0) is 30.7 Å². The van der Waals surface area contributed by atoms with Gasteiger partial charge in [-0.2, -0.15) is 0 Å². The Hall–Kier alpha value is -2.80. The molecule has 1 heterocycles. The van der Waals surface area contributed by atoms with Crippen molar-refractivity contribution in [3.8, 4) is 16.9 Å².